The first-order valence-electron chi connectivity index (χ1n) is 12.3. The van der Waals surface area contributed by atoms with Gasteiger partial charge in [-0.1, -0.05) is 20.8 Å². The predicted octanol–water partition coefficient (Wildman–Crippen LogP) is 4.28. The summed E-state index contributed by atoms with van der Waals surface area (Å²) in [6.07, 6.45) is 5.46. The Bertz CT molecular complexity index is 834. The Balaban J connectivity index is 1.67. The summed E-state index contributed by atoms with van der Waals surface area (Å²) in [5.74, 6) is 0.300. The highest BCUT2D eigenvalue weighted by Gasteiger charge is 2.73. The second-order valence-corrected chi connectivity index (χ2v) is 11.5. The highest BCUT2D eigenvalue weighted by molar-refractivity contribution is 5.96. The van der Waals surface area contributed by atoms with Crippen molar-refractivity contribution in [2.75, 3.05) is 6.61 Å². The number of rotatable bonds is 4. The maximum Gasteiger partial charge on any atom is 0.302 e. The molecule has 0 N–H and O–H groups in total. The van der Waals surface area contributed by atoms with Crippen LogP contribution < -0.4 is 0 Å². The van der Waals surface area contributed by atoms with Crippen LogP contribution in [0.3, 0.4) is 0 Å². The van der Waals surface area contributed by atoms with Gasteiger partial charge in [-0.3, -0.25) is 19.2 Å². The summed E-state index contributed by atoms with van der Waals surface area (Å²) in [5.41, 5.74) is -1.11. The van der Waals surface area contributed by atoms with E-state index in [-0.39, 0.29) is 64.1 Å². The Morgan fingerprint density at radius 3 is 2.44 bits per heavy atom. The molecule has 4 aliphatic rings. The van der Waals surface area contributed by atoms with Crippen LogP contribution in [0.25, 0.3) is 0 Å². The molecule has 8 atom stereocenters. The molecule has 0 unspecified atom stereocenters. The quantitative estimate of drug-likeness (QED) is 0.599. The van der Waals surface area contributed by atoms with Crippen molar-refractivity contribution in [3.63, 3.8) is 0 Å². The molecule has 0 saturated heterocycles. The second-order valence-electron chi connectivity index (χ2n) is 11.5. The molecule has 0 radical (unpaired) electrons. The zero-order valence-electron chi connectivity index (χ0n) is 20.2. The Morgan fingerprint density at radius 1 is 1.06 bits per heavy atom. The van der Waals surface area contributed by atoms with Crippen molar-refractivity contribution in [1.82, 2.24) is 0 Å². The van der Waals surface area contributed by atoms with E-state index < -0.39 is 5.41 Å². The van der Waals surface area contributed by atoms with Gasteiger partial charge in [0.05, 0.1) is 6.61 Å². The minimum atomic E-state index is -0.614. The van der Waals surface area contributed by atoms with Crippen LogP contribution in [0.2, 0.25) is 0 Å². The third-order valence-electron chi connectivity index (χ3n) is 10.1. The number of hydrogen-bond acceptors (Lipinski definition) is 6. The zero-order valence-corrected chi connectivity index (χ0v) is 20.2. The average molecular weight is 447 g/mol. The van der Waals surface area contributed by atoms with Gasteiger partial charge < -0.3 is 9.47 Å². The molecule has 0 aliphatic heterocycles. The van der Waals surface area contributed by atoms with Crippen LogP contribution in [0.15, 0.2) is 0 Å². The fraction of sp³-hybridized carbons (Fsp3) is 0.846. The Kier molecular flexibility index (Phi) is 5.82. The van der Waals surface area contributed by atoms with Gasteiger partial charge in [0.2, 0.25) is 0 Å². The molecule has 178 valence electrons. The highest BCUT2D eigenvalue weighted by Crippen LogP contribution is 2.74. The van der Waals surface area contributed by atoms with Gasteiger partial charge in [-0.25, -0.2) is 0 Å². The van der Waals surface area contributed by atoms with Crippen LogP contribution in [-0.4, -0.2) is 36.2 Å². The van der Waals surface area contributed by atoms with Gasteiger partial charge >= 0.3 is 11.9 Å². The molecule has 0 aromatic carbocycles. The topological polar surface area (TPSA) is 86.7 Å². The van der Waals surface area contributed by atoms with Crippen LogP contribution in [0.1, 0.15) is 86.0 Å². The van der Waals surface area contributed by atoms with Crippen LogP contribution in [0, 0.1) is 39.9 Å². The normalized spacial score (nSPS) is 44.2. The van der Waals surface area contributed by atoms with Gasteiger partial charge in [0, 0.05) is 38.0 Å². The third-order valence-corrected chi connectivity index (χ3v) is 10.1. The summed E-state index contributed by atoms with van der Waals surface area (Å²) in [6.45, 7) is 9.79. The lowest BCUT2D eigenvalue weighted by Gasteiger charge is -2.62. The number of ether oxygens (including phenoxy) is 2. The lowest BCUT2D eigenvalue weighted by molar-refractivity contribution is -0.187. The van der Waals surface area contributed by atoms with E-state index in [1.54, 1.807) is 0 Å². The molecular weight excluding hydrogens is 408 g/mol. The van der Waals surface area contributed by atoms with E-state index in [4.69, 9.17) is 9.47 Å². The first-order valence-corrected chi connectivity index (χ1v) is 12.3. The summed E-state index contributed by atoms with van der Waals surface area (Å²) < 4.78 is 10.8. The number of fused-ring (bicyclic) bond motifs is 2. The molecule has 32 heavy (non-hydrogen) atoms. The molecule has 1 spiro atoms. The van der Waals surface area contributed by atoms with Crippen LogP contribution in [0.5, 0.6) is 0 Å². The monoisotopic (exact) mass is 446 g/mol. The van der Waals surface area contributed by atoms with E-state index in [2.05, 4.69) is 20.8 Å². The highest BCUT2D eigenvalue weighted by atomic mass is 16.5. The molecule has 0 aromatic rings. The lowest BCUT2D eigenvalue weighted by atomic mass is 9.40. The first kappa shape index (κ1) is 23.4. The molecule has 0 aromatic heterocycles. The molecule has 4 saturated carbocycles. The number of carbonyl (C=O) groups is 4. The molecule has 4 rings (SSSR count). The molecular formula is C26H38O6. The second kappa shape index (κ2) is 7.95. The van der Waals surface area contributed by atoms with Gasteiger partial charge in [-0.05, 0) is 67.1 Å². The van der Waals surface area contributed by atoms with Gasteiger partial charge in [-0.2, -0.15) is 0 Å². The van der Waals surface area contributed by atoms with Gasteiger partial charge in [-0.15, -0.1) is 0 Å². The number of carbonyl (C=O) groups excluding carboxylic acids is 4. The molecule has 0 amide bonds. The van der Waals surface area contributed by atoms with E-state index in [0.717, 1.165) is 32.1 Å². The van der Waals surface area contributed by atoms with Crippen molar-refractivity contribution < 1.29 is 28.7 Å². The zero-order chi connectivity index (χ0) is 23.5. The maximum absolute atomic E-state index is 13.7. The first-order chi connectivity index (χ1) is 15.0. The summed E-state index contributed by atoms with van der Waals surface area (Å²) in [5, 5.41) is 0. The standard InChI is InChI=1S/C26H38O6/c1-15(14-31-16(2)27)19-6-7-23(30)26-13-21(29)20-12-18(32-17(3)28)8-10-24(20,4)22(26)9-11-25(19,26)5/h15,18-20,22H,6-14H2,1-5H3/t15-,18+,19-,20+,22-,24+,25-,26+/m1/s1. The van der Waals surface area contributed by atoms with Crippen molar-refractivity contribution in [2.24, 2.45) is 39.9 Å². The molecule has 6 heteroatoms. The van der Waals surface area contributed by atoms with Crippen molar-refractivity contribution in [3.05, 3.63) is 0 Å². The number of esters is 2. The fourth-order valence-corrected chi connectivity index (χ4v) is 8.71. The average Bonchev–Trinajstić information content (AvgIpc) is 3.02. The van der Waals surface area contributed by atoms with E-state index in [9.17, 15) is 19.2 Å². The number of hydrogen-bond donors (Lipinski definition) is 0. The van der Waals surface area contributed by atoms with Gasteiger partial charge in [0.25, 0.3) is 0 Å². The molecule has 0 bridgehead atoms. The Morgan fingerprint density at radius 2 is 1.78 bits per heavy atom. The largest absolute Gasteiger partial charge is 0.466 e. The Labute approximate surface area is 191 Å². The van der Waals surface area contributed by atoms with Crippen LogP contribution in [-0.2, 0) is 28.7 Å². The van der Waals surface area contributed by atoms with Crippen LogP contribution >= 0.6 is 0 Å². The van der Waals surface area contributed by atoms with E-state index in [1.165, 1.54) is 13.8 Å². The van der Waals surface area contributed by atoms with Crippen molar-refractivity contribution in [3.8, 4) is 0 Å². The van der Waals surface area contributed by atoms with E-state index >= 15 is 0 Å². The smallest absolute Gasteiger partial charge is 0.302 e. The minimum Gasteiger partial charge on any atom is -0.466 e. The number of Topliss-reactive ketones (excluding diaryl/α,β-unsaturated/α-hetero) is 2. The summed E-state index contributed by atoms with van der Waals surface area (Å²) in [4.78, 5) is 50.3. The summed E-state index contributed by atoms with van der Waals surface area (Å²) in [7, 11) is 0. The van der Waals surface area contributed by atoms with Crippen molar-refractivity contribution in [1.29, 1.82) is 0 Å². The Hall–Kier alpha value is -1.72. The van der Waals surface area contributed by atoms with Crippen molar-refractivity contribution in [2.45, 2.75) is 92.1 Å². The SMILES string of the molecule is CC(=O)OC[C@@H](C)[C@H]1CCC(=O)[C@]23CC(=O)[C@@H]4C[C@@H](OC(C)=O)CC[C@]4(C)[C@H]2CC[C@]13C. The van der Waals surface area contributed by atoms with Crippen LogP contribution in [0.4, 0.5) is 0 Å². The predicted molar refractivity (Wildman–Crippen MR) is 117 cm³/mol. The third kappa shape index (κ3) is 3.27. The lowest BCUT2D eigenvalue weighted by Crippen LogP contribution is -2.64. The molecule has 4 aliphatic carbocycles. The maximum atomic E-state index is 13.7. The fourth-order valence-electron chi connectivity index (χ4n) is 8.71. The summed E-state index contributed by atoms with van der Waals surface area (Å²) >= 11 is 0. The molecule has 6 nitrogen and oxygen atoms in total. The number of ketones is 2. The van der Waals surface area contributed by atoms with Gasteiger partial charge in [0.1, 0.15) is 17.7 Å². The van der Waals surface area contributed by atoms with E-state index in [1.807, 2.05) is 0 Å². The van der Waals surface area contributed by atoms with E-state index in [0.29, 0.717) is 25.9 Å². The van der Waals surface area contributed by atoms with Crippen molar-refractivity contribution >= 4 is 23.5 Å². The molecule has 0 heterocycles. The minimum absolute atomic E-state index is 0.146. The molecule has 4 fully saturated rings. The van der Waals surface area contributed by atoms with Gasteiger partial charge in [0.15, 0.2) is 0 Å². The summed E-state index contributed by atoms with van der Waals surface area (Å²) in [6, 6.07) is 0.